The van der Waals surface area contributed by atoms with Gasteiger partial charge in [0.25, 0.3) is 5.56 Å². The number of methoxy groups -OCH3 is 2. The number of nitrogens with zero attached hydrogens (tertiary/aromatic N) is 4. The summed E-state index contributed by atoms with van der Waals surface area (Å²) in [5, 5.41) is 9.46. The SMILES string of the molecule is COc1ccc(C(OC[C@H]2O[C@@H](n3ccc(=O)[nH]c3=O)[C@@H](OP(=O)(OC)OCCN(C)c3ccc4nc5ccccc5nc4c3)[C@@H]2OC(=O)CCC(=O)O)(c2ccccc2)c2ccc(OC)cc2)cc1. The molecule has 5 aromatic carbocycles. The van der Waals surface area contributed by atoms with Gasteiger partial charge in [-0.25, -0.2) is 19.3 Å². The van der Waals surface area contributed by atoms with Crippen LogP contribution in [0.25, 0.3) is 22.1 Å². The number of carbonyl (C=O) groups is 2. The number of aromatic nitrogens is 4. The number of hydrogen-bond donors (Lipinski definition) is 2. The van der Waals surface area contributed by atoms with Gasteiger partial charge in [-0.3, -0.25) is 37.5 Å². The highest BCUT2D eigenvalue weighted by atomic mass is 31.2. The summed E-state index contributed by atoms with van der Waals surface area (Å²) in [6, 6.07) is 37.9. The molecule has 19 nitrogen and oxygen atoms in total. The summed E-state index contributed by atoms with van der Waals surface area (Å²) >= 11 is 0. The van der Waals surface area contributed by atoms with Crippen molar-refractivity contribution >= 4 is 47.5 Å². The van der Waals surface area contributed by atoms with E-state index in [0.717, 1.165) is 40.7 Å². The van der Waals surface area contributed by atoms with E-state index in [-0.39, 0.29) is 13.2 Å². The molecule has 20 heteroatoms. The first-order valence-electron chi connectivity index (χ1n) is 22.1. The standard InChI is InChI=1S/C50H50N5O14P/c1-54(35-18-23-40-41(30-35)52-39-13-9-8-12-38(39)51-40)28-29-66-70(61,64-4)69-47-46(68-45(59)25-24-44(57)58)42(67-48(47)55-27-26-43(56)53-49(55)60)31-65-50(32-10-6-5-7-11-32,33-14-19-36(62-2)20-15-33)34-16-21-37(63-3)22-17-34/h5-23,26-27,30,42,46-48H,24-25,28-29,31H2,1-4H3,(H,57,58)(H,53,56,60)/t42-,46-,47+,48-,70?/m1/s1. The highest BCUT2D eigenvalue weighted by molar-refractivity contribution is 7.48. The lowest BCUT2D eigenvalue weighted by Gasteiger charge is -2.37. The van der Waals surface area contributed by atoms with E-state index >= 15 is 0 Å². The Labute approximate surface area is 401 Å². The molecule has 7 aromatic rings. The fourth-order valence-corrected chi connectivity index (χ4v) is 9.27. The highest BCUT2D eigenvalue weighted by Gasteiger charge is 2.54. The number of ether oxygens (including phenoxy) is 5. The molecule has 364 valence electrons. The van der Waals surface area contributed by atoms with Crippen molar-refractivity contribution in [2.75, 3.05) is 53.0 Å². The quantitative estimate of drug-likeness (QED) is 0.0333. The number of aliphatic carboxylic acids is 1. The lowest BCUT2D eigenvalue weighted by atomic mass is 9.80. The van der Waals surface area contributed by atoms with Crippen LogP contribution in [0, 0.1) is 0 Å². The van der Waals surface area contributed by atoms with Crippen molar-refractivity contribution in [2.45, 2.75) is 43.0 Å². The van der Waals surface area contributed by atoms with Crippen LogP contribution >= 0.6 is 7.82 Å². The summed E-state index contributed by atoms with van der Waals surface area (Å²) in [5.74, 6) is -1.08. The zero-order valence-electron chi connectivity index (χ0n) is 38.5. The smallest absolute Gasteiger partial charge is 0.475 e. The Morgan fingerprint density at radius 1 is 0.771 bits per heavy atom. The van der Waals surface area contributed by atoms with E-state index in [2.05, 4.69) is 4.98 Å². The third-order valence-electron chi connectivity index (χ3n) is 11.8. The minimum atomic E-state index is -4.66. The zero-order valence-corrected chi connectivity index (χ0v) is 39.4. The first-order chi connectivity index (χ1) is 33.8. The maximum Gasteiger partial charge on any atom is 0.475 e. The van der Waals surface area contributed by atoms with Crippen LogP contribution in [-0.2, 0) is 47.5 Å². The van der Waals surface area contributed by atoms with Crippen LogP contribution in [0.1, 0.15) is 35.8 Å². The lowest BCUT2D eigenvalue weighted by Crippen LogP contribution is -2.43. The molecule has 0 spiro atoms. The van der Waals surface area contributed by atoms with Crippen LogP contribution in [0.2, 0.25) is 0 Å². The molecule has 2 N–H and O–H groups in total. The Hall–Kier alpha value is -7.25. The second-order valence-electron chi connectivity index (χ2n) is 16.1. The number of fused-ring (bicyclic) bond motifs is 2. The largest absolute Gasteiger partial charge is 0.497 e. The first-order valence-corrected chi connectivity index (χ1v) is 23.5. The van der Waals surface area contributed by atoms with Gasteiger partial charge in [0.1, 0.15) is 23.2 Å². The third kappa shape index (κ3) is 10.8. The van der Waals surface area contributed by atoms with E-state index in [1.165, 1.54) is 0 Å². The van der Waals surface area contributed by atoms with Gasteiger partial charge >= 0.3 is 25.5 Å². The molecular weight excluding hydrogens is 926 g/mol. The number of carbonyl (C=O) groups excluding carboxylic acids is 1. The number of likely N-dealkylation sites (N-methyl/N-ethyl adjacent to an activating group) is 1. The van der Waals surface area contributed by atoms with E-state index in [1.807, 2.05) is 102 Å². The first kappa shape index (κ1) is 49.2. The number of carboxylic acids is 1. The van der Waals surface area contributed by atoms with Crippen molar-refractivity contribution in [2.24, 2.45) is 0 Å². The second-order valence-corrected chi connectivity index (χ2v) is 17.8. The molecule has 70 heavy (non-hydrogen) atoms. The van der Waals surface area contributed by atoms with Gasteiger partial charge in [0.2, 0.25) is 0 Å². The fourth-order valence-electron chi connectivity index (χ4n) is 8.19. The van der Waals surface area contributed by atoms with Crippen LogP contribution < -0.4 is 25.6 Å². The highest BCUT2D eigenvalue weighted by Crippen LogP contribution is 2.54. The van der Waals surface area contributed by atoms with Crippen LogP contribution in [0.5, 0.6) is 11.5 Å². The Morgan fingerprint density at radius 2 is 1.37 bits per heavy atom. The number of nitrogens with one attached hydrogen (secondary N) is 1. The van der Waals surface area contributed by atoms with Gasteiger partial charge in [0, 0.05) is 38.7 Å². The van der Waals surface area contributed by atoms with Gasteiger partial charge in [-0.05, 0) is 71.3 Å². The number of aromatic amines is 1. The molecule has 0 aliphatic carbocycles. The summed E-state index contributed by atoms with van der Waals surface area (Å²) in [6.07, 6.45) is -6.17. The number of hydrogen-bond acceptors (Lipinski definition) is 16. The predicted octanol–water partition coefficient (Wildman–Crippen LogP) is 6.63. The molecule has 0 radical (unpaired) electrons. The van der Waals surface area contributed by atoms with Gasteiger partial charge in [0.05, 0.1) is 62.3 Å². The topological polar surface area (TPSA) is 229 Å². The molecule has 0 saturated carbocycles. The minimum Gasteiger partial charge on any atom is -0.497 e. The van der Waals surface area contributed by atoms with E-state index in [4.69, 9.17) is 47.2 Å². The third-order valence-corrected chi connectivity index (χ3v) is 13.2. The summed E-state index contributed by atoms with van der Waals surface area (Å²) in [5.41, 5.74) is 2.49. The number of H-pyrrole nitrogens is 1. The second kappa shape index (κ2) is 21.6. The Bertz CT molecular complexity index is 3070. The molecule has 1 fully saturated rings. The van der Waals surface area contributed by atoms with Crippen LogP contribution in [0.3, 0.4) is 0 Å². The van der Waals surface area contributed by atoms with E-state index in [1.54, 1.807) is 45.5 Å². The lowest BCUT2D eigenvalue weighted by molar-refractivity contribution is -0.160. The summed E-state index contributed by atoms with van der Waals surface area (Å²) in [7, 11) is 1.33. The number of para-hydroxylation sites is 2. The van der Waals surface area contributed by atoms with Crippen molar-refractivity contribution < 1.29 is 56.5 Å². The van der Waals surface area contributed by atoms with Crippen LogP contribution in [-0.4, -0.2) is 103 Å². The molecule has 1 unspecified atom stereocenters. The predicted molar refractivity (Wildman–Crippen MR) is 256 cm³/mol. The zero-order chi connectivity index (χ0) is 49.4. The molecule has 1 aliphatic rings. The number of phosphoric acid groups is 1. The van der Waals surface area contributed by atoms with Gasteiger partial charge in [-0.2, -0.15) is 0 Å². The summed E-state index contributed by atoms with van der Waals surface area (Å²) in [4.78, 5) is 64.5. The van der Waals surface area contributed by atoms with Gasteiger partial charge in [-0.15, -0.1) is 0 Å². The van der Waals surface area contributed by atoms with Crippen LogP contribution in [0.4, 0.5) is 5.69 Å². The maximum atomic E-state index is 14.6. The number of benzene rings is 5. The Balaban J connectivity index is 1.14. The molecule has 2 aromatic heterocycles. The average Bonchev–Trinajstić information content (AvgIpc) is 3.69. The van der Waals surface area contributed by atoms with E-state index in [9.17, 15) is 28.8 Å². The maximum absolute atomic E-state index is 14.6. The number of carboxylic acid groups (broad SMARTS) is 1. The van der Waals surface area contributed by atoms with Crippen molar-refractivity contribution in [3.8, 4) is 11.5 Å². The van der Waals surface area contributed by atoms with Crippen molar-refractivity contribution in [3.05, 3.63) is 171 Å². The number of phosphoric ester groups is 1. The molecule has 3 heterocycles. The normalized spacial score (nSPS) is 17.8. The number of esters is 1. The molecule has 0 bridgehead atoms. The van der Waals surface area contributed by atoms with Crippen LogP contribution in [0.15, 0.2) is 143 Å². The molecule has 5 atom stereocenters. The molecular formula is C50H50N5O14P. The summed E-state index contributed by atoms with van der Waals surface area (Å²) < 4.78 is 63.7. The van der Waals surface area contributed by atoms with Crippen molar-refractivity contribution in [1.82, 2.24) is 19.5 Å². The van der Waals surface area contributed by atoms with Crippen molar-refractivity contribution in [1.29, 1.82) is 0 Å². The molecule has 0 amide bonds. The van der Waals surface area contributed by atoms with E-state index in [0.29, 0.717) is 39.2 Å². The van der Waals surface area contributed by atoms with E-state index < -0.39 is 80.6 Å². The molecule has 1 aliphatic heterocycles. The van der Waals surface area contributed by atoms with Gasteiger partial charge in [0.15, 0.2) is 18.4 Å². The van der Waals surface area contributed by atoms with Crippen molar-refractivity contribution in [3.63, 3.8) is 0 Å². The molecule has 1 saturated heterocycles. The Kier molecular flexibility index (Phi) is 15.2. The monoisotopic (exact) mass is 975 g/mol. The fraction of sp³-hybridized carbons (Fsp3) is 0.280. The number of anilines is 1. The summed E-state index contributed by atoms with van der Waals surface area (Å²) in [6.45, 7) is -0.471. The average molecular weight is 976 g/mol. The van der Waals surface area contributed by atoms with Gasteiger partial charge < -0.3 is 33.7 Å². The number of rotatable bonds is 21. The molecule has 8 rings (SSSR count). The Morgan fingerprint density at radius 3 is 1.97 bits per heavy atom. The van der Waals surface area contributed by atoms with Gasteiger partial charge in [-0.1, -0.05) is 66.7 Å². The minimum absolute atomic E-state index is 0.162.